The Morgan fingerprint density at radius 2 is 1.64 bits per heavy atom. The summed E-state index contributed by atoms with van der Waals surface area (Å²) in [5, 5.41) is 9.50. The first-order valence-electron chi connectivity index (χ1n) is 17.8. The van der Waals surface area contributed by atoms with Crippen LogP contribution in [0.15, 0.2) is 42.5 Å². The molecule has 3 aromatic heterocycles. The van der Waals surface area contributed by atoms with Gasteiger partial charge in [0.1, 0.15) is 35.4 Å². The summed E-state index contributed by atoms with van der Waals surface area (Å²) in [7, 11) is 0. The maximum absolute atomic E-state index is 15.2. The lowest BCUT2D eigenvalue weighted by Crippen LogP contribution is -2.38. The summed E-state index contributed by atoms with van der Waals surface area (Å²) in [6.07, 6.45) is -6.98. The van der Waals surface area contributed by atoms with E-state index in [1.165, 1.54) is 17.4 Å². The number of alkyl halides is 6. The topological polar surface area (TPSA) is 140 Å². The van der Waals surface area contributed by atoms with Crippen LogP contribution in [0.3, 0.4) is 0 Å². The average molecular weight is 841 g/mol. The van der Waals surface area contributed by atoms with Crippen LogP contribution in [0, 0.1) is 17.5 Å². The van der Waals surface area contributed by atoms with Crippen LogP contribution in [-0.4, -0.2) is 75.9 Å². The predicted molar refractivity (Wildman–Crippen MR) is 192 cm³/mol. The van der Waals surface area contributed by atoms with Gasteiger partial charge in [0.05, 0.1) is 40.8 Å². The second kappa shape index (κ2) is 16.2. The van der Waals surface area contributed by atoms with E-state index in [9.17, 15) is 40.3 Å². The number of morpholine rings is 1. The van der Waals surface area contributed by atoms with Crippen LogP contribution in [-0.2, 0) is 34.3 Å². The third kappa shape index (κ3) is 8.60. The molecule has 21 heteroatoms. The molecule has 4 heterocycles. The second-order valence-electron chi connectivity index (χ2n) is 13.8. The van der Waals surface area contributed by atoms with E-state index in [1.54, 1.807) is 6.07 Å². The lowest BCUT2D eigenvalue weighted by atomic mass is 9.89. The highest BCUT2D eigenvalue weighted by Gasteiger charge is 2.55. The summed E-state index contributed by atoms with van der Waals surface area (Å²) in [4.78, 5) is 37.4. The molecule has 1 aliphatic heterocycles. The van der Waals surface area contributed by atoms with Gasteiger partial charge in [-0.25, -0.2) is 40.7 Å². The molecule has 1 fully saturated rings. The van der Waals surface area contributed by atoms with Gasteiger partial charge < -0.3 is 21.1 Å². The fraction of sp³-hybridized carbons (Fsp3) is 0.378. The number of amides is 2. The minimum atomic E-state index is -4.10. The predicted octanol–water partition coefficient (Wildman–Crippen LogP) is 6.83. The summed E-state index contributed by atoms with van der Waals surface area (Å²) in [5.74, 6) is -13.4. The van der Waals surface area contributed by atoms with Gasteiger partial charge >= 0.3 is 0 Å². The van der Waals surface area contributed by atoms with Crippen molar-refractivity contribution in [3.05, 3.63) is 93.7 Å². The van der Waals surface area contributed by atoms with E-state index >= 15 is 8.78 Å². The number of pyridine rings is 1. The molecular weight excluding hydrogens is 808 g/mol. The van der Waals surface area contributed by atoms with Gasteiger partial charge in [0.15, 0.2) is 10.8 Å². The number of carbonyl (C=O) groups is 2. The zero-order valence-electron chi connectivity index (χ0n) is 30.1. The van der Waals surface area contributed by atoms with Gasteiger partial charge in [0.25, 0.3) is 24.2 Å². The van der Waals surface area contributed by atoms with Crippen LogP contribution in [0.4, 0.5) is 44.6 Å². The van der Waals surface area contributed by atoms with Crippen molar-refractivity contribution in [2.24, 2.45) is 5.73 Å². The first kappa shape index (κ1) is 40.9. The van der Waals surface area contributed by atoms with Crippen LogP contribution in [0.1, 0.15) is 63.9 Å². The summed E-state index contributed by atoms with van der Waals surface area (Å²) in [5.41, 5.74) is 0.384. The van der Waals surface area contributed by atoms with Gasteiger partial charge in [-0.3, -0.25) is 19.2 Å². The standard InChI is InChI=1S/C37H33F9N8O3S/c38-20-11-18(12-21(39)15-20)13-25(49-27(55)17-54-31-28(30(52-54)32(41)42)36(43,44)3-4-37(31,45)46)29-22(19-1-2-24(40)23(14-19)33(47)56)16-26-34(50-29)51-35(58-26)48-5-6-53-7-9-57-10-8-53/h1-2,11-12,14-16,25,32H,3-10,13,17H2,(H2,47,56)(H,49,55)(H,48,50,51)/t25-/m0/s1. The molecule has 1 saturated heterocycles. The number of rotatable bonds is 13. The normalized spacial score (nSPS) is 17.0. The Balaban J connectivity index is 1.31. The maximum atomic E-state index is 15.2. The van der Waals surface area contributed by atoms with Crippen molar-refractivity contribution >= 4 is 38.6 Å². The van der Waals surface area contributed by atoms with Crippen molar-refractivity contribution < 1.29 is 53.8 Å². The molecule has 11 nitrogen and oxygen atoms in total. The van der Waals surface area contributed by atoms with E-state index in [-0.39, 0.29) is 32.7 Å². The lowest BCUT2D eigenvalue weighted by molar-refractivity contribution is -0.123. The maximum Gasteiger partial charge on any atom is 0.290 e. The Morgan fingerprint density at radius 3 is 2.33 bits per heavy atom. The number of fused-ring (bicyclic) bond motifs is 2. The molecule has 1 aliphatic carbocycles. The Labute approximate surface area is 327 Å². The molecule has 4 N–H and O–H groups in total. The molecule has 2 aliphatic rings. The number of benzene rings is 2. The fourth-order valence-electron chi connectivity index (χ4n) is 7.07. The number of halogens is 9. The number of nitrogens with zero attached hydrogens (tertiary/aromatic N) is 5. The monoisotopic (exact) mass is 840 g/mol. The van der Waals surface area contributed by atoms with Gasteiger partial charge in [0, 0.05) is 50.7 Å². The minimum absolute atomic E-state index is 0.0426. The van der Waals surface area contributed by atoms with Crippen LogP contribution in [0.5, 0.6) is 0 Å². The number of nitrogens with two attached hydrogens (primary N) is 1. The van der Waals surface area contributed by atoms with Crippen molar-refractivity contribution in [1.29, 1.82) is 0 Å². The number of primary amides is 1. The van der Waals surface area contributed by atoms with Gasteiger partial charge in [-0.2, -0.15) is 13.9 Å². The lowest BCUT2D eigenvalue weighted by Gasteiger charge is -2.29. The zero-order valence-corrected chi connectivity index (χ0v) is 30.9. The smallest absolute Gasteiger partial charge is 0.290 e. The molecule has 7 rings (SSSR count). The van der Waals surface area contributed by atoms with E-state index < -0.39 is 102 Å². The van der Waals surface area contributed by atoms with Crippen molar-refractivity contribution in [2.75, 3.05) is 44.7 Å². The molecule has 0 spiro atoms. The van der Waals surface area contributed by atoms with E-state index in [0.717, 1.165) is 37.4 Å². The third-order valence-corrected chi connectivity index (χ3v) is 10.7. The van der Waals surface area contributed by atoms with Gasteiger partial charge in [-0.15, -0.1) is 0 Å². The Hall–Kier alpha value is -5.28. The van der Waals surface area contributed by atoms with E-state index in [0.29, 0.717) is 42.2 Å². The number of nitrogens with one attached hydrogen (secondary N) is 2. The molecule has 0 radical (unpaired) electrons. The number of carbonyl (C=O) groups excluding carboxylic acids is 2. The molecule has 0 bridgehead atoms. The summed E-state index contributed by atoms with van der Waals surface area (Å²) in [6.45, 7) is 2.57. The number of thiazole rings is 1. The zero-order chi connectivity index (χ0) is 41.5. The molecule has 2 aromatic carbocycles. The fourth-order valence-corrected chi connectivity index (χ4v) is 7.94. The average Bonchev–Trinajstić information content (AvgIpc) is 3.75. The highest BCUT2D eigenvalue weighted by atomic mass is 32.1. The van der Waals surface area contributed by atoms with Crippen molar-refractivity contribution in [1.82, 2.24) is 30.0 Å². The Kier molecular flexibility index (Phi) is 11.4. The number of aromatic nitrogens is 4. The number of hydrogen-bond donors (Lipinski definition) is 3. The van der Waals surface area contributed by atoms with Crippen LogP contribution in [0.2, 0.25) is 0 Å². The summed E-state index contributed by atoms with van der Waals surface area (Å²) < 4.78 is 138. The third-order valence-electron chi connectivity index (χ3n) is 9.74. The van der Waals surface area contributed by atoms with Crippen LogP contribution < -0.4 is 16.4 Å². The Morgan fingerprint density at radius 1 is 0.931 bits per heavy atom. The number of hydrogen-bond acceptors (Lipinski definition) is 9. The van der Waals surface area contributed by atoms with Crippen LogP contribution >= 0.6 is 11.3 Å². The first-order chi connectivity index (χ1) is 27.5. The molecule has 2 amide bonds. The summed E-state index contributed by atoms with van der Waals surface area (Å²) >= 11 is 1.18. The van der Waals surface area contributed by atoms with Crippen molar-refractivity contribution in [3.8, 4) is 11.1 Å². The minimum Gasteiger partial charge on any atom is -0.379 e. The van der Waals surface area contributed by atoms with E-state index in [1.807, 2.05) is 0 Å². The molecule has 5 aromatic rings. The van der Waals surface area contributed by atoms with Crippen LogP contribution in [0.25, 0.3) is 21.5 Å². The van der Waals surface area contributed by atoms with Gasteiger partial charge in [-0.05, 0) is 47.9 Å². The van der Waals surface area contributed by atoms with Crippen molar-refractivity contribution in [2.45, 2.75) is 50.1 Å². The molecule has 58 heavy (non-hydrogen) atoms. The highest BCUT2D eigenvalue weighted by Crippen LogP contribution is 2.52. The van der Waals surface area contributed by atoms with Gasteiger partial charge in [-0.1, -0.05) is 17.4 Å². The molecule has 308 valence electrons. The van der Waals surface area contributed by atoms with Gasteiger partial charge in [0.2, 0.25) is 5.91 Å². The quantitative estimate of drug-likeness (QED) is 0.110. The second-order valence-corrected chi connectivity index (χ2v) is 14.8. The van der Waals surface area contributed by atoms with E-state index in [4.69, 9.17) is 10.5 Å². The molecule has 0 unspecified atom stereocenters. The highest BCUT2D eigenvalue weighted by molar-refractivity contribution is 7.22. The van der Waals surface area contributed by atoms with E-state index in [2.05, 4.69) is 30.6 Å². The number of anilines is 1. The molecule has 1 atom stereocenters. The summed E-state index contributed by atoms with van der Waals surface area (Å²) in [6, 6.07) is 5.97. The number of ether oxygens (including phenoxy) is 1. The molecular formula is C37H33F9N8O3S. The molecule has 0 saturated carbocycles. The first-order valence-corrected chi connectivity index (χ1v) is 18.7. The Bertz CT molecular complexity index is 2350. The SMILES string of the molecule is NC(=O)c1cc(-c2cc3sc(NCCN4CCOCC4)nc3nc2[C@H](Cc2cc(F)cc(F)c2)NC(=O)Cn2nc(C(F)F)c3c2C(F)(F)CCC3(F)F)ccc1F. The largest absolute Gasteiger partial charge is 0.379 e. The van der Waals surface area contributed by atoms with Crippen molar-refractivity contribution in [3.63, 3.8) is 0 Å².